The minimum Gasteiger partial charge on any atom is -0.497 e. The molecular weight excluding hydrogens is 298 g/mol. The average Bonchev–Trinajstić information content (AvgIpc) is 2.55. The molecule has 1 N–H and O–H groups in total. The van der Waals surface area contributed by atoms with Crippen molar-refractivity contribution in [3.63, 3.8) is 0 Å². The summed E-state index contributed by atoms with van der Waals surface area (Å²) in [5, 5.41) is 2.67. The predicted molar refractivity (Wildman–Crippen MR) is 89.9 cm³/mol. The number of carbonyl (C=O) groups is 1. The molecule has 0 spiro atoms. The third kappa shape index (κ3) is 4.18. The number of hydrogen-bond donors (Lipinski definition) is 1. The fourth-order valence-corrected chi connectivity index (χ4v) is 2.79. The van der Waals surface area contributed by atoms with E-state index in [-0.39, 0.29) is 11.2 Å². The molecule has 0 saturated carbocycles. The summed E-state index contributed by atoms with van der Waals surface area (Å²) in [5.41, 5.74) is 0.604. The van der Waals surface area contributed by atoms with Gasteiger partial charge in [0.15, 0.2) is 0 Å². The van der Waals surface area contributed by atoms with Crippen LogP contribution in [0.3, 0.4) is 0 Å². The Hall–Kier alpha value is -2.14. The Morgan fingerprint density at radius 2 is 1.82 bits per heavy atom. The van der Waals surface area contributed by atoms with Crippen molar-refractivity contribution in [1.29, 1.82) is 0 Å². The maximum Gasteiger partial charge on any atom is 0.237 e. The lowest BCUT2D eigenvalue weighted by Crippen LogP contribution is -2.22. The lowest BCUT2D eigenvalue weighted by molar-refractivity contribution is -0.115. The summed E-state index contributed by atoms with van der Waals surface area (Å²) in [7, 11) is 3.15. The van der Waals surface area contributed by atoms with E-state index in [1.807, 2.05) is 37.3 Å². The van der Waals surface area contributed by atoms with Crippen molar-refractivity contribution in [3.05, 3.63) is 48.5 Å². The first kappa shape index (κ1) is 16.2. The zero-order chi connectivity index (χ0) is 15.9. The quantitative estimate of drug-likeness (QED) is 0.823. The number of ether oxygens (including phenoxy) is 2. The highest BCUT2D eigenvalue weighted by Gasteiger charge is 2.16. The van der Waals surface area contributed by atoms with E-state index in [0.717, 1.165) is 4.90 Å². The van der Waals surface area contributed by atoms with Gasteiger partial charge in [0.2, 0.25) is 5.91 Å². The highest BCUT2D eigenvalue weighted by Crippen LogP contribution is 2.30. The second-order valence-corrected chi connectivity index (χ2v) is 6.04. The first-order valence-electron chi connectivity index (χ1n) is 6.88. The highest BCUT2D eigenvalue weighted by molar-refractivity contribution is 8.00. The van der Waals surface area contributed by atoms with Gasteiger partial charge in [-0.2, -0.15) is 0 Å². The van der Waals surface area contributed by atoms with Crippen LogP contribution in [-0.2, 0) is 4.79 Å². The molecule has 0 heterocycles. The van der Waals surface area contributed by atoms with E-state index in [1.165, 1.54) is 11.8 Å². The maximum absolute atomic E-state index is 12.4. The van der Waals surface area contributed by atoms with Gasteiger partial charge in [-0.25, -0.2) is 0 Å². The molecule has 2 aromatic carbocycles. The van der Waals surface area contributed by atoms with Gasteiger partial charge in [-0.05, 0) is 31.2 Å². The number of benzene rings is 2. The maximum atomic E-state index is 12.4. The van der Waals surface area contributed by atoms with E-state index >= 15 is 0 Å². The van der Waals surface area contributed by atoms with Crippen molar-refractivity contribution in [2.24, 2.45) is 0 Å². The molecule has 22 heavy (non-hydrogen) atoms. The smallest absolute Gasteiger partial charge is 0.237 e. The molecule has 0 radical (unpaired) electrons. The molecule has 0 aliphatic rings. The molecule has 0 fully saturated rings. The summed E-state index contributed by atoms with van der Waals surface area (Å²) in [6, 6.07) is 15.1. The van der Waals surface area contributed by atoms with Gasteiger partial charge in [-0.15, -0.1) is 11.8 Å². The Balaban J connectivity index is 2.07. The highest BCUT2D eigenvalue weighted by atomic mass is 32.2. The molecule has 5 heteroatoms. The van der Waals surface area contributed by atoms with Crippen LogP contribution >= 0.6 is 11.8 Å². The Labute approximate surface area is 134 Å². The molecule has 0 aliphatic carbocycles. The van der Waals surface area contributed by atoms with Crippen LogP contribution in [0, 0.1) is 0 Å². The predicted octanol–water partition coefficient (Wildman–Crippen LogP) is 3.82. The molecule has 0 bridgehead atoms. The fraction of sp³-hybridized carbons (Fsp3) is 0.235. The standard InChI is InChI=1S/C17H19NO3S/c1-12(22-14-7-5-4-6-8-14)17(19)18-15-11-13(20-2)9-10-16(15)21-3/h4-12H,1-3H3,(H,18,19). The van der Waals surface area contributed by atoms with Crippen molar-refractivity contribution < 1.29 is 14.3 Å². The fourth-order valence-electron chi connectivity index (χ4n) is 1.90. The van der Waals surface area contributed by atoms with Crippen LogP contribution in [0.15, 0.2) is 53.4 Å². The largest absolute Gasteiger partial charge is 0.497 e. The molecular formula is C17H19NO3S. The van der Waals surface area contributed by atoms with Crippen LogP contribution in [0.25, 0.3) is 0 Å². The molecule has 1 unspecified atom stereocenters. The molecule has 0 aliphatic heterocycles. The Kier molecular flexibility index (Phi) is 5.72. The third-order valence-corrected chi connectivity index (χ3v) is 4.20. The van der Waals surface area contributed by atoms with Crippen molar-refractivity contribution in [2.75, 3.05) is 19.5 Å². The van der Waals surface area contributed by atoms with Gasteiger partial charge in [-0.1, -0.05) is 18.2 Å². The monoisotopic (exact) mass is 317 g/mol. The molecule has 2 aromatic rings. The number of methoxy groups -OCH3 is 2. The summed E-state index contributed by atoms with van der Waals surface area (Å²) in [4.78, 5) is 13.4. The summed E-state index contributed by atoms with van der Waals surface area (Å²) in [6.07, 6.45) is 0. The van der Waals surface area contributed by atoms with Crippen LogP contribution in [0.4, 0.5) is 5.69 Å². The minimum atomic E-state index is -0.224. The number of carbonyl (C=O) groups excluding carboxylic acids is 1. The lowest BCUT2D eigenvalue weighted by Gasteiger charge is -2.15. The van der Waals surface area contributed by atoms with E-state index in [4.69, 9.17) is 9.47 Å². The molecule has 0 aromatic heterocycles. The van der Waals surface area contributed by atoms with E-state index in [1.54, 1.807) is 32.4 Å². The number of amides is 1. The first-order valence-corrected chi connectivity index (χ1v) is 7.76. The van der Waals surface area contributed by atoms with E-state index < -0.39 is 0 Å². The van der Waals surface area contributed by atoms with Gasteiger partial charge in [0.25, 0.3) is 0 Å². The van der Waals surface area contributed by atoms with Crippen molar-refractivity contribution in [2.45, 2.75) is 17.1 Å². The summed E-state index contributed by atoms with van der Waals surface area (Å²) in [5.74, 6) is 1.19. The number of hydrogen-bond acceptors (Lipinski definition) is 4. The minimum absolute atomic E-state index is 0.0830. The van der Waals surface area contributed by atoms with Gasteiger partial charge in [0.05, 0.1) is 25.2 Å². The van der Waals surface area contributed by atoms with Gasteiger partial charge in [0, 0.05) is 11.0 Å². The zero-order valence-electron chi connectivity index (χ0n) is 12.8. The van der Waals surface area contributed by atoms with Crippen molar-refractivity contribution in [3.8, 4) is 11.5 Å². The van der Waals surface area contributed by atoms with E-state index in [9.17, 15) is 4.79 Å². The molecule has 0 saturated heterocycles. The number of anilines is 1. The third-order valence-electron chi connectivity index (χ3n) is 3.09. The number of nitrogens with one attached hydrogen (secondary N) is 1. The van der Waals surface area contributed by atoms with Gasteiger partial charge < -0.3 is 14.8 Å². The SMILES string of the molecule is COc1ccc(OC)c(NC(=O)C(C)Sc2ccccc2)c1. The topological polar surface area (TPSA) is 47.6 Å². The van der Waals surface area contributed by atoms with Crippen LogP contribution in [0.1, 0.15) is 6.92 Å². The first-order chi connectivity index (χ1) is 10.6. The number of rotatable bonds is 6. The Morgan fingerprint density at radius 3 is 2.45 bits per heavy atom. The molecule has 116 valence electrons. The number of thioether (sulfide) groups is 1. The normalized spacial score (nSPS) is 11.6. The van der Waals surface area contributed by atoms with Gasteiger partial charge in [0.1, 0.15) is 11.5 Å². The Bertz CT molecular complexity index is 631. The molecule has 2 rings (SSSR count). The average molecular weight is 317 g/mol. The van der Waals surface area contributed by atoms with Crippen molar-refractivity contribution >= 4 is 23.4 Å². The van der Waals surface area contributed by atoms with Crippen LogP contribution in [0.2, 0.25) is 0 Å². The summed E-state index contributed by atoms with van der Waals surface area (Å²) < 4.78 is 10.4. The van der Waals surface area contributed by atoms with Gasteiger partial charge in [-0.3, -0.25) is 4.79 Å². The molecule has 4 nitrogen and oxygen atoms in total. The van der Waals surface area contributed by atoms with Gasteiger partial charge >= 0.3 is 0 Å². The van der Waals surface area contributed by atoms with Crippen LogP contribution in [0.5, 0.6) is 11.5 Å². The lowest BCUT2D eigenvalue weighted by atomic mass is 10.2. The van der Waals surface area contributed by atoms with E-state index in [2.05, 4.69) is 5.32 Å². The summed E-state index contributed by atoms with van der Waals surface area (Å²) in [6.45, 7) is 1.87. The zero-order valence-corrected chi connectivity index (χ0v) is 13.6. The van der Waals surface area contributed by atoms with Crippen LogP contribution < -0.4 is 14.8 Å². The van der Waals surface area contributed by atoms with Crippen molar-refractivity contribution in [1.82, 2.24) is 0 Å². The summed E-state index contributed by atoms with van der Waals surface area (Å²) >= 11 is 1.51. The second kappa shape index (κ2) is 7.75. The second-order valence-electron chi connectivity index (χ2n) is 4.63. The van der Waals surface area contributed by atoms with E-state index in [0.29, 0.717) is 17.2 Å². The van der Waals surface area contributed by atoms with Crippen LogP contribution in [-0.4, -0.2) is 25.4 Å². The molecule has 1 amide bonds. The molecule has 1 atom stereocenters. The Morgan fingerprint density at radius 1 is 1.09 bits per heavy atom.